The predicted molar refractivity (Wildman–Crippen MR) is 138 cm³/mol. The van der Waals surface area contributed by atoms with Gasteiger partial charge in [0.1, 0.15) is 17.0 Å². The van der Waals surface area contributed by atoms with Crippen LogP contribution < -0.4 is 10.2 Å². The van der Waals surface area contributed by atoms with Crippen LogP contribution in [0.3, 0.4) is 0 Å². The van der Waals surface area contributed by atoms with E-state index >= 15 is 0 Å². The Balaban J connectivity index is 1.39. The second kappa shape index (κ2) is 9.88. The molecule has 0 unspecified atom stereocenters. The van der Waals surface area contributed by atoms with Gasteiger partial charge in [-0.2, -0.15) is 0 Å². The van der Waals surface area contributed by atoms with E-state index in [0.717, 1.165) is 35.4 Å². The lowest BCUT2D eigenvalue weighted by atomic mass is 10.1. The number of aromatic nitrogens is 2. The molecule has 2 aromatic carbocycles. The number of fused-ring (bicyclic) bond motifs is 2. The van der Waals surface area contributed by atoms with Gasteiger partial charge >= 0.3 is 0 Å². The summed E-state index contributed by atoms with van der Waals surface area (Å²) in [6.45, 7) is 1.64. The SMILES string of the molecule is CN(C)CCCOc1cccc(C#Cc2ccc3c(=O)cc(-c4cc5cccn5cn4)oc3c2)c1. The smallest absolute Gasteiger partial charge is 0.193 e. The molecule has 6 nitrogen and oxygen atoms in total. The first-order valence-electron chi connectivity index (χ1n) is 11.5. The fourth-order valence-corrected chi connectivity index (χ4v) is 3.81. The summed E-state index contributed by atoms with van der Waals surface area (Å²) in [7, 11) is 4.10. The molecular formula is C29H25N3O3. The molecule has 3 aromatic heterocycles. The Morgan fingerprint density at radius 1 is 1.00 bits per heavy atom. The van der Waals surface area contributed by atoms with E-state index in [9.17, 15) is 4.79 Å². The largest absolute Gasteiger partial charge is 0.494 e. The van der Waals surface area contributed by atoms with Crippen LogP contribution in [0.5, 0.6) is 5.75 Å². The van der Waals surface area contributed by atoms with Gasteiger partial charge in [-0.25, -0.2) is 4.98 Å². The van der Waals surface area contributed by atoms with Gasteiger partial charge in [0.25, 0.3) is 0 Å². The number of ether oxygens (including phenoxy) is 1. The third kappa shape index (κ3) is 5.26. The van der Waals surface area contributed by atoms with Crippen LogP contribution in [-0.4, -0.2) is 41.5 Å². The molecule has 35 heavy (non-hydrogen) atoms. The molecule has 5 aromatic rings. The summed E-state index contributed by atoms with van der Waals surface area (Å²) in [4.78, 5) is 19.3. The van der Waals surface area contributed by atoms with Crippen LogP contribution in [0.1, 0.15) is 17.5 Å². The van der Waals surface area contributed by atoms with Crippen LogP contribution >= 0.6 is 0 Å². The van der Waals surface area contributed by atoms with E-state index in [2.05, 4.69) is 35.8 Å². The molecule has 0 spiro atoms. The lowest BCUT2D eigenvalue weighted by Crippen LogP contribution is -2.15. The topological polar surface area (TPSA) is 60.0 Å². The first kappa shape index (κ1) is 22.5. The van der Waals surface area contributed by atoms with E-state index in [1.165, 1.54) is 6.07 Å². The molecule has 5 rings (SSSR count). The fraction of sp³-hybridized carbons (Fsp3) is 0.172. The summed E-state index contributed by atoms with van der Waals surface area (Å²) in [5.41, 5.74) is 3.56. The lowest BCUT2D eigenvalue weighted by Gasteiger charge is -2.10. The molecule has 0 bridgehead atoms. The van der Waals surface area contributed by atoms with Crippen molar-refractivity contribution in [3.8, 4) is 29.0 Å². The molecule has 0 aliphatic rings. The highest BCUT2D eigenvalue weighted by molar-refractivity contribution is 5.80. The van der Waals surface area contributed by atoms with Crippen molar-refractivity contribution in [3.05, 3.63) is 101 Å². The molecule has 174 valence electrons. The second-order valence-corrected chi connectivity index (χ2v) is 8.58. The number of rotatable bonds is 6. The normalized spacial score (nSPS) is 11.1. The van der Waals surface area contributed by atoms with Crippen LogP contribution in [0.15, 0.2) is 88.5 Å². The van der Waals surface area contributed by atoms with Crippen molar-refractivity contribution < 1.29 is 9.15 Å². The van der Waals surface area contributed by atoms with Crippen molar-refractivity contribution in [1.29, 1.82) is 0 Å². The minimum atomic E-state index is -0.114. The average Bonchev–Trinajstić information content (AvgIpc) is 3.33. The highest BCUT2D eigenvalue weighted by atomic mass is 16.5. The van der Waals surface area contributed by atoms with Gasteiger partial charge in [-0.3, -0.25) is 4.79 Å². The number of hydrogen-bond acceptors (Lipinski definition) is 5. The van der Waals surface area contributed by atoms with Crippen molar-refractivity contribution >= 4 is 16.5 Å². The van der Waals surface area contributed by atoms with Gasteiger partial charge in [0.15, 0.2) is 11.2 Å². The van der Waals surface area contributed by atoms with Gasteiger partial charge in [-0.1, -0.05) is 17.9 Å². The minimum Gasteiger partial charge on any atom is -0.494 e. The van der Waals surface area contributed by atoms with Gasteiger partial charge in [0.05, 0.1) is 18.3 Å². The molecule has 0 atom stereocenters. The first-order chi connectivity index (χ1) is 17.0. The van der Waals surface area contributed by atoms with Gasteiger partial charge < -0.3 is 18.5 Å². The Bertz CT molecular complexity index is 1620. The Morgan fingerprint density at radius 3 is 2.71 bits per heavy atom. The van der Waals surface area contributed by atoms with Gasteiger partial charge in [-0.05, 0) is 75.1 Å². The molecular weight excluding hydrogens is 438 g/mol. The molecule has 0 radical (unpaired) electrons. The average molecular weight is 464 g/mol. The van der Waals surface area contributed by atoms with Crippen molar-refractivity contribution in [3.63, 3.8) is 0 Å². The van der Waals surface area contributed by atoms with Crippen LogP contribution in [-0.2, 0) is 0 Å². The number of hydrogen-bond donors (Lipinski definition) is 0. The Morgan fingerprint density at radius 2 is 1.86 bits per heavy atom. The summed E-state index contributed by atoms with van der Waals surface area (Å²) in [5.74, 6) is 7.58. The first-order valence-corrected chi connectivity index (χ1v) is 11.5. The second-order valence-electron chi connectivity index (χ2n) is 8.58. The summed E-state index contributed by atoms with van der Waals surface area (Å²) in [5, 5.41) is 0.510. The molecule has 0 saturated heterocycles. The molecule has 6 heteroatoms. The summed E-state index contributed by atoms with van der Waals surface area (Å²) < 4.78 is 13.8. The van der Waals surface area contributed by atoms with Crippen LogP contribution in [0.4, 0.5) is 0 Å². The summed E-state index contributed by atoms with van der Waals surface area (Å²) in [6, 6.07) is 20.4. The van der Waals surface area contributed by atoms with E-state index < -0.39 is 0 Å². The molecule has 0 aliphatic carbocycles. The van der Waals surface area contributed by atoms with E-state index in [1.54, 1.807) is 18.5 Å². The van der Waals surface area contributed by atoms with Crippen molar-refractivity contribution in [1.82, 2.24) is 14.3 Å². The van der Waals surface area contributed by atoms with Gasteiger partial charge in [0.2, 0.25) is 0 Å². The van der Waals surface area contributed by atoms with Crippen LogP contribution in [0.25, 0.3) is 27.9 Å². The van der Waals surface area contributed by atoms with E-state index in [4.69, 9.17) is 9.15 Å². The molecule has 0 aliphatic heterocycles. The maximum Gasteiger partial charge on any atom is 0.193 e. The summed E-state index contributed by atoms with van der Waals surface area (Å²) >= 11 is 0. The molecule has 0 N–H and O–H groups in total. The molecule has 0 saturated carbocycles. The molecule has 0 amide bonds. The predicted octanol–water partition coefficient (Wildman–Crippen LogP) is 4.84. The quantitative estimate of drug-likeness (QED) is 0.266. The fourth-order valence-electron chi connectivity index (χ4n) is 3.81. The van der Waals surface area contributed by atoms with Gasteiger partial charge in [0, 0.05) is 35.5 Å². The molecule has 3 heterocycles. The Kier molecular flexibility index (Phi) is 6.34. The minimum absolute atomic E-state index is 0.114. The maximum atomic E-state index is 12.7. The monoisotopic (exact) mass is 463 g/mol. The highest BCUT2D eigenvalue weighted by Gasteiger charge is 2.09. The van der Waals surface area contributed by atoms with Crippen LogP contribution in [0.2, 0.25) is 0 Å². The standard InChI is InChI=1S/C29H25N3O3/c1-31(2)13-5-15-34-24-8-3-6-21(16-24)9-10-22-11-12-25-27(33)19-29(35-28(25)17-22)26-18-23-7-4-14-32(23)20-30-26/h3-4,6-8,11-12,14,16-20H,5,13,15H2,1-2H3. The van der Waals surface area contributed by atoms with Crippen molar-refractivity contribution in [2.24, 2.45) is 0 Å². The molecule has 0 fully saturated rings. The van der Waals surface area contributed by atoms with Gasteiger partial charge in [-0.15, -0.1) is 0 Å². The van der Waals surface area contributed by atoms with E-state index in [1.807, 2.05) is 59.1 Å². The zero-order chi connectivity index (χ0) is 24.2. The van der Waals surface area contributed by atoms with Crippen molar-refractivity contribution in [2.75, 3.05) is 27.2 Å². The zero-order valence-corrected chi connectivity index (χ0v) is 19.7. The van der Waals surface area contributed by atoms with E-state index in [0.29, 0.717) is 29.0 Å². The third-order valence-electron chi connectivity index (χ3n) is 5.60. The number of nitrogens with zero attached hydrogens (tertiary/aromatic N) is 3. The Hall–Kier alpha value is -4.34. The maximum absolute atomic E-state index is 12.7. The third-order valence-corrected chi connectivity index (χ3v) is 5.60. The summed E-state index contributed by atoms with van der Waals surface area (Å²) in [6.07, 6.45) is 4.58. The van der Waals surface area contributed by atoms with Crippen molar-refractivity contribution in [2.45, 2.75) is 6.42 Å². The lowest BCUT2D eigenvalue weighted by molar-refractivity contribution is 0.281. The number of benzene rings is 2. The van der Waals surface area contributed by atoms with E-state index in [-0.39, 0.29) is 5.43 Å². The Labute approximate surface area is 203 Å². The highest BCUT2D eigenvalue weighted by Crippen LogP contribution is 2.22. The van der Waals surface area contributed by atoms with Crippen LogP contribution in [0, 0.1) is 11.8 Å². The zero-order valence-electron chi connectivity index (χ0n) is 19.7.